The molecule has 3 aromatic carbocycles. The van der Waals surface area contributed by atoms with Crippen molar-refractivity contribution in [3.8, 4) is 23.0 Å². The van der Waals surface area contributed by atoms with E-state index in [0.29, 0.717) is 30.2 Å². The van der Waals surface area contributed by atoms with Crippen LogP contribution in [0.3, 0.4) is 0 Å². The molecule has 0 unspecified atom stereocenters. The Morgan fingerprint density at radius 1 is 1.03 bits per heavy atom. The minimum Gasteiger partial charge on any atom is -0.493 e. The third-order valence-corrected chi connectivity index (χ3v) is 5.79. The lowest BCUT2D eigenvalue weighted by molar-refractivity contribution is 0.0982. The van der Waals surface area contributed by atoms with Crippen LogP contribution in [-0.2, 0) is 0 Å². The maximum atomic E-state index is 13.6. The highest BCUT2D eigenvalue weighted by Gasteiger charge is 2.34. The maximum absolute atomic E-state index is 13.6. The summed E-state index contributed by atoms with van der Waals surface area (Å²) in [6.07, 6.45) is -0.0952. The van der Waals surface area contributed by atoms with Gasteiger partial charge in [-0.1, -0.05) is 30.3 Å². The zero-order valence-corrected chi connectivity index (χ0v) is 17.8. The number of fused-ring (bicyclic) bond motifs is 1. The Bertz CT molecular complexity index is 1190. The number of hydrogen-bond acceptors (Lipinski definition) is 5. The number of amides is 1. The molecule has 1 fully saturated rings. The molecule has 0 saturated carbocycles. The third kappa shape index (κ3) is 4.87. The van der Waals surface area contributed by atoms with Crippen molar-refractivity contribution in [1.29, 1.82) is 0 Å². The van der Waals surface area contributed by atoms with Crippen molar-refractivity contribution in [3.63, 3.8) is 0 Å². The smallest absolute Gasteiger partial charge is 0.415 e. The third-order valence-electron chi connectivity index (χ3n) is 5.79. The second-order valence-electron chi connectivity index (χ2n) is 7.92. The zero-order chi connectivity index (χ0) is 24.4. The Morgan fingerprint density at radius 3 is 2.64 bits per heavy atom. The topological polar surface area (TPSA) is 57.2 Å². The number of likely N-dealkylation sites (tertiary alicyclic amines) is 1. The molecule has 33 heavy (non-hydrogen) atoms. The van der Waals surface area contributed by atoms with Crippen molar-refractivity contribution < 1.29 is 30.9 Å². The van der Waals surface area contributed by atoms with Gasteiger partial charge in [-0.05, 0) is 54.3 Å². The zero-order valence-electron chi connectivity index (χ0n) is 19.8. The summed E-state index contributed by atoms with van der Waals surface area (Å²) in [6, 6.07) is 19.6. The summed E-state index contributed by atoms with van der Waals surface area (Å²) in [5.41, 5.74) is 0.783. The predicted molar refractivity (Wildman–Crippen MR) is 119 cm³/mol. The van der Waals surface area contributed by atoms with Gasteiger partial charge in [0.1, 0.15) is 17.3 Å². The number of halogens is 1. The molecule has 7 heteroatoms. The minimum atomic E-state index is -2.17. The second kappa shape index (κ2) is 9.40. The highest BCUT2D eigenvalue weighted by molar-refractivity contribution is 5.70. The Labute approximate surface area is 194 Å². The molecule has 1 saturated heterocycles. The fourth-order valence-electron chi connectivity index (χ4n) is 4.08. The number of hydrogen-bond donors (Lipinski definition) is 0. The number of carbonyl (C=O) groups is 1. The number of rotatable bonds is 5. The fraction of sp³-hybridized carbons (Fsp3) is 0.269. The lowest BCUT2D eigenvalue weighted by atomic mass is 9.81. The molecule has 0 N–H and O–H groups in total. The van der Waals surface area contributed by atoms with Crippen molar-refractivity contribution in [2.24, 2.45) is 5.92 Å². The summed E-state index contributed by atoms with van der Waals surface area (Å²) in [6.45, 7) is -1.65. The fourth-order valence-corrected chi connectivity index (χ4v) is 4.08. The highest BCUT2D eigenvalue weighted by atomic mass is 19.1. The van der Waals surface area contributed by atoms with Gasteiger partial charge < -0.3 is 23.8 Å². The summed E-state index contributed by atoms with van der Waals surface area (Å²) in [7, 11) is 0. The molecular formula is C26H24FNO5. The average molecular weight is 451 g/mol. The Kier molecular flexibility index (Phi) is 5.36. The number of carbonyl (C=O) groups excluding carboxylic acids is 1. The largest absolute Gasteiger partial charge is 0.493 e. The Morgan fingerprint density at radius 2 is 1.82 bits per heavy atom. The van der Waals surface area contributed by atoms with E-state index in [1.54, 1.807) is 54.6 Å². The Hall–Kier alpha value is -3.74. The van der Waals surface area contributed by atoms with Gasteiger partial charge in [0.2, 0.25) is 6.79 Å². The van der Waals surface area contributed by atoms with Gasteiger partial charge in [0.05, 0.1) is 9.30 Å². The predicted octanol–water partition coefficient (Wildman–Crippen LogP) is 5.24. The molecule has 3 aromatic rings. The SMILES string of the molecule is [2H]C([2H])(Oc1ccc2c(c1)OCO2)[C@@H]1CN(C(=O)Oc2ccccc2)CC[C@H]1c1ccc(F)cc1. The molecule has 0 radical (unpaired) electrons. The molecule has 0 bridgehead atoms. The monoisotopic (exact) mass is 451 g/mol. The molecule has 0 aliphatic carbocycles. The van der Waals surface area contributed by atoms with Gasteiger partial charge in [-0.15, -0.1) is 0 Å². The first-order valence-corrected chi connectivity index (χ1v) is 10.7. The van der Waals surface area contributed by atoms with Crippen molar-refractivity contribution in [2.75, 3.05) is 26.4 Å². The van der Waals surface area contributed by atoms with Crippen LogP contribution >= 0.6 is 0 Å². The second-order valence-corrected chi connectivity index (χ2v) is 7.92. The average Bonchev–Trinajstić information content (AvgIpc) is 3.32. The highest BCUT2D eigenvalue weighted by Crippen LogP contribution is 2.37. The van der Waals surface area contributed by atoms with Crippen LogP contribution in [0.2, 0.25) is 0 Å². The molecule has 0 spiro atoms. The summed E-state index contributed by atoms with van der Waals surface area (Å²) in [4.78, 5) is 14.4. The van der Waals surface area contributed by atoms with E-state index in [0.717, 1.165) is 5.56 Å². The van der Waals surface area contributed by atoms with Crippen LogP contribution in [-0.4, -0.2) is 37.4 Å². The minimum absolute atomic E-state index is 0.0608. The van der Waals surface area contributed by atoms with Crippen LogP contribution in [0.25, 0.3) is 0 Å². The lowest BCUT2D eigenvalue weighted by Crippen LogP contribution is -2.46. The van der Waals surface area contributed by atoms with E-state index in [-0.39, 0.29) is 30.8 Å². The molecule has 5 rings (SSSR count). The van der Waals surface area contributed by atoms with Crippen LogP contribution in [0.15, 0.2) is 72.8 Å². The molecular weight excluding hydrogens is 425 g/mol. The summed E-state index contributed by atoms with van der Waals surface area (Å²) in [5.74, 6) is 0.305. The first-order valence-electron chi connectivity index (χ1n) is 11.7. The van der Waals surface area contributed by atoms with Crippen molar-refractivity contribution in [1.82, 2.24) is 4.90 Å². The first-order chi connectivity index (χ1) is 16.9. The van der Waals surface area contributed by atoms with Crippen molar-refractivity contribution >= 4 is 6.09 Å². The molecule has 170 valence electrons. The molecule has 2 heterocycles. The lowest BCUT2D eigenvalue weighted by Gasteiger charge is -2.38. The number of nitrogens with zero attached hydrogens (tertiary/aromatic N) is 1. The van der Waals surface area contributed by atoms with Gasteiger partial charge in [-0.3, -0.25) is 0 Å². The van der Waals surface area contributed by atoms with Crippen LogP contribution in [0.1, 0.15) is 20.6 Å². The van der Waals surface area contributed by atoms with E-state index >= 15 is 0 Å². The molecule has 2 aliphatic rings. The molecule has 1 amide bonds. The molecule has 0 aromatic heterocycles. The molecule has 2 atom stereocenters. The van der Waals surface area contributed by atoms with E-state index in [2.05, 4.69) is 0 Å². The number of benzene rings is 3. The maximum Gasteiger partial charge on any atom is 0.415 e. The van der Waals surface area contributed by atoms with Gasteiger partial charge in [-0.25, -0.2) is 9.18 Å². The normalized spacial score (nSPS) is 20.6. The van der Waals surface area contributed by atoms with E-state index in [1.165, 1.54) is 17.0 Å². The number of para-hydroxylation sites is 1. The van der Waals surface area contributed by atoms with Gasteiger partial charge in [0.25, 0.3) is 0 Å². The first kappa shape index (κ1) is 18.8. The van der Waals surface area contributed by atoms with Gasteiger partial charge in [0.15, 0.2) is 11.5 Å². The van der Waals surface area contributed by atoms with Crippen LogP contribution < -0.4 is 18.9 Å². The van der Waals surface area contributed by atoms with E-state index in [4.69, 9.17) is 21.7 Å². The summed E-state index contributed by atoms with van der Waals surface area (Å²) in [5, 5.41) is 0. The number of ether oxygens (including phenoxy) is 4. The van der Waals surface area contributed by atoms with Gasteiger partial charge in [-0.2, -0.15) is 0 Å². The van der Waals surface area contributed by atoms with Crippen LogP contribution in [0.4, 0.5) is 9.18 Å². The van der Waals surface area contributed by atoms with E-state index in [9.17, 15) is 9.18 Å². The van der Waals surface area contributed by atoms with Crippen LogP contribution in [0.5, 0.6) is 23.0 Å². The number of piperidine rings is 1. The van der Waals surface area contributed by atoms with Crippen LogP contribution in [0, 0.1) is 11.7 Å². The summed E-state index contributed by atoms with van der Waals surface area (Å²) >= 11 is 0. The quantitative estimate of drug-likeness (QED) is 0.531. The van der Waals surface area contributed by atoms with E-state index in [1.807, 2.05) is 6.07 Å². The standard InChI is InChI=1S/C26H24FNO5/c27-20-8-6-18(7-9-20)23-12-13-28(26(29)33-21-4-2-1-3-5-21)15-19(23)16-30-22-10-11-24-25(14-22)32-17-31-24/h1-11,14,19,23H,12-13,15-17H2/t19-,23-/m0/s1/i16D2. The van der Waals surface area contributed by atoms with E-state index < -0.39 is 18.6 Å². The molecule has 6 nitrogen and oxygen atoms in total. The van der Waals surface area contributed by atoms with Crippen molar-refractivity contribution in [2.45, 2.75) is 12.3 Å². The Balaban J connectivity index is 1.39. The molecule has 2 aliphatic heterocycles. The van der Waals surface area contributed by atoms with Crippen molar-refractivity contribution in [3.05, 3.63) is 84.2 Å². The van der Waals surface area contributed by atoms with Gasteiger partial charge >= 0.3 is 6.09 Å². The summed E-state index contributed by atoms with van der Waals surface area (Å²) < 4.78 is 53.3. The van der Waals surface area contributed by atoms with Gasteiger partial charge in [0, 0.05) is 25.1 Å².